The number of benzene rings is 1. The number of pyridine rings is 1. The minimum atomic E-state index is -0.750. The number of aromatic nitrogens is 1. The lowest BCUT2D eigenvalue weighted by Gasteiger charge is -2.34. The molecule has 1 aliphatic rings. The topological polar surface area (TPSA) is 53.5 Å². The molecule has 0 radical (unpaired) electrons. The number of carbonyl (C=O) groups is 2. The van der Waals surface area contributed by atoms with Crippen molar-refractivity contribution in [3.8, 4) is 0 Å². The number of carbonyl (C=O) groups excluding carboxylic acids is 2. The summed E-state index contributed by atoms with van der Waals surface area (Å²) in [5, 5.41) is 0. The second-order valence-electron chi connectivity index (χ2n) is 5.80. The molecule has 1 aromatic carbocycles. The molecule has 0 bridgehead atoms. The molecule has 2 amide bonds. The van der Waals surface area contributed by atoms with E-state index in [0.717, 1.165) is 18.2 Å². The Morgan fingerprint density at radius 1 is 1.00 bits per heavy atom. The highest BCUT2D eigenvalue weighted by atomic mass is 19.1. The van der Waals surface area contributed by atoms with Gasteiger partial charge in [0, 0.05) is 38.1 Å². The lowest BCUT2D eigenvalue weighted by Crippen LogP contribution is -2.51. The summed E-state index contributed by atoms with van der Waals surface area (Å²) in [5.41, 5.74) is 0.404. The average Bonchev–Trinajstić information content (AvgIpc) is 2.64. The Morgan fingerprint density at radius 2 is 1.72 bits per heavy atom. The van der Waals surface area contributed by atoms with Crippen molar-refractivity contribution in [2.45, 2.75) is 6.42 Å². The highest BCUT2D eigenvalue weighted by Gasteiger charge is 2.26. The predicted molar refractivity (Wildman–Crippen MR) is 86.8 cm³/mol. The smallest absolute Gasteiger partial charge is 0.257 e. The molecule has 0 spiro atoms. The van der Waals surface area contributed by atoms with Crippen molar-refractivity contribution >= 4 is 11.8 Å². The molecule has 0 unspecified atom stereocenters. The van der Waals surface area contributed by atoms with Crippen LogP contribution < -0.4 is 0 Å². The third-order valence-electron chi connectivity index (χ3n) is 4.14. The van der Waals surface area contributed by atoms with Crippen molar-refractivity contribution < 1.29 is 18.4 Å². The molecule has 1 aromatic heterocycles. The van der Waals surface area contributed by atoms with Gasteiger partial charge in [0.05, 0.1) is 12.0 Å². The van der Waals surface area contributed by atoms with Crippen molar-refractivity contribution in [3.63, 3.8) is 0 Å². The van der Waals surface area contributed by atoms with E-state index in [1.54, 1.807) is 23.2 Å². The van der Waals surface area contributed by atoms with Crippen LogP contribution in [0.2, 0.25) is 0 Å². The number of hydrogen-bond acceptors (Lipinski definition) is 3. The fourth-order valence-corrected chi connectivity index (χ4v) is 2.76. The van der Waals surface area contributed by atoms with E-state index in [-0.39, 0.29) is 31.0 Å². The summed E-state index contributed by atoms with van der Waals surface area (Å²) in [7, 11) is 0. The van der Waals surface area contributed by atoms with Crippen LogP contribution in [0.25, 0.3) is 0 Å². The number of rotatable bonds is 3. The lowest BCUT2D eigenvalue weighted by atomic mass is 10.1. The molecule has 5 nitrogen and oxygen atoms in total. The first-order valence-corrected chi connectivity index (χ1v) is 7.96. The first-order chi connectivity index (χ1) is 12.0. The van der Waals surface area contributed by atoms with Gasteiger partial charge >= 0.3 is 0 Å². The maximum atomic E-state index is 13.7. The first kappa shape index (κ1) is 17.0. The third kappa shape index (κ3) is 3.99. The molecule has 7 heteroatoms. The number of amides is 2. The highest BCUT2D eigenvalue weighted by molar-refractivity contribution is 5.94. The van der Waals surface area contributed by atoms with Gasteiger partial charge in [-0.15, -0.1) is 0 Å². The molecular weight excluding hydrogens is 328 g/mol. The molecule has 25 heavy (non-hydrogen) atoms. The van der Waals surface area contributed by atoms with Gasteiger partial charge in [-0.3, -0.25) is 14.6 Å². The Balaban J connectivity index is 1.59. The molecular formula is C18H17F2N3O2. The Labute approximate surface area is 143 Å². The van der Waals surface area contributed by atoms with Crippen LogP contribution in [0.15, 0.2) is 42.6 Å². The quantitative estimate of drug-likeness (QED) is 0.854. The maximum Gasteiger partial charge on any atom is 0.257 e. The maximum absolute atomic E-state index is 13.7. The van der Waals surface area contributed by atoms with E-state index in [1.165, 1.54) is 4.90 Å². The largest absolute Gasteiger partial charge is 0.339 e. The van der Waals surface area contributed by atoms with E-state index in [2.05, 4.69) is 4.98 Å². The normalized spacial score (nSPS) is 14.5. The monoisotopic (exact) mass is 345 g/mol. The van der Waals surface area contributed by atoms with Crippen LogP contribution in [0, 0.1) is 11.6 Å². The summed E-state index contributed by atoms with van der Waals surface area (Å²) in [6.07, 6.45) is 1.83. The zero-order valence-corrected chi connectivity index (χ0v) is 13.5. The van der Waals surface area contributed by atoms with Gasteiger partial charge in [-0.25, -0.2) is 8.78 Å². The molecule has 1 aliphatic heterocycles. The van der Waals surface area contributed by atoms with E-state index in [9.17, 15) is 18.4 Å². The van der Waals surface area contributed by atoms with Crippen LogP contribution >= 0.6 is 0 Å². The summed E-state index contributed by atoms with van der Waals surface area (Å²) in [4.78, 5) is 31.8. The molecule has 3 rings (SSSR count). The summed E-state index contributed by atoms with van der Waals surface area (Å²) in [6, 6.07) is 8.19. The van der Waals surface area contributed by atoms with Crippen molar-refractivity contribution in [2.24, 2.45) is 0 Å². The molecule has 1 saturated heterocycles. The third-order valence-corrected chi connectivity index (χ3v) is 4.14. The number of hydrogen-bond donors (Lipinski definition) is 0. The molecule has 0 N–H and O–H groups in total. The van der Waals surface area contributed by atoms with Crippen LogP contribution in [0.3, 0.4) is 0 Å². The zero-order chi connectivity index (χ0) is 17.8. The lowest BCUT2D eigenvalue weighted by molar-refractivity contribution is -0.132. The Morgan fingerprint density at radius 3 is 2.40 bits per heavy atom. The highest BCUT2D eigenvalue weighted by Crippen LogP contribution is 2.14. The predicted octanol–water partition coefficient (Wildman–Crippen LogP) is 1.89. The van der Waals surface area contributed by atoms with Gasteiger partial charge in [-0.1, -0.05) is 6.07 Å². The summed E-state index contributed by atoms with van der Waals surface area (Å²) in [6.45, 7) is 1.27. The standard InChI is InChI=1S/C18H17F2N3O2/c19-13-4-5-16(20)15(11-13)18(25)23-9-7-22(8-10-23)17(24)12-14-3-1-2-6-21-14/h1-6,11H,7-10,12H2. The minimum Gasteiger partial charge on any atom is -0.339 e. The van der Waals surface area contributed by atoms with Gasteiger partial charge < -0.3 is 9.80 Å². The number of piperazine rings is 1. The summed E-state index contributed by atoms with van der Waals surface area (Å²) < 4.78 is 27.0. The SMILES string of the molecule is O=C(Cc1ccccn1)N1CCN(C(=O)c2cc(F)ccc2F)CC1. The number of halogens is 2. The van der Waals surface area contributed by atoms with Gasteiger partial charge in [-0.05, 0) is 30.3 Å². The molecule has 130 valence electrons. The molecule has 0 aliphatic carbocycles. The second-order valence-corrected chi connectivity index (χ2v) is 5.80. The summed E-state index contributed by atoms with van der Waals surface area (Å²) in [5.74, 6) is -2.04. The zero-order valence-electron chi connectivity index (χ0n) is 13.5. The summed E-state index contributed by atoms with van der Waals surface area (Å²) >= 11 is 0. The second kappa shape index (κ2) is 7.38. The van der Waals surface area contributed by atoms with E-state index >= 15 is 0 Å². The molecule has 0 atom stereocenters. The van der Waals surface area contributed by atoms with Gasteiger partial charge in [0.1, 0.15) is 11.6 Å². The Bertz CT molecular complexity index is 775. The Hall–Kier alpha value is -2.83. The van der Waals surface area contributed by atoms with Crippen LogP contribution in [-0.4, -0.2) is 52.8 Å². The average molecular weight is 345 g/mol. The molecule has 1 fully saturated rings. The molecule has 0 saturated carbocycles. The van der Waals surface area contributed by atoms with Crippen molar-refractivity contribution in [1.29, 1.82) is 0 Å². The van der Waals surface area contributed by atoms with Crippen LogP contribution in [-0.2, 0) is 11.2 Å². The van der Waals surface area contributed by atoms with E-state index in [0.29, 0.717) is 18.8 Å². The fourth-order valence-electron chi connectivity index (χ4n) is 2.76. The Kier molecular flexibility index (Phi) is 5.02. The van der Waals surface area contributed by atoms with Crippen molar-refractivity contribution in [2.75, 3.05) is 26.2 Å². The van der Waals surface area contributed by atoms with Crippen LogP contribution in [0.4, 0.5) is 8.78 Å². The van der Waals surface area contributed by atoms with Crippen LogP contribution in [0.1, 0.15) is 16.1 Å². The van der Waals surface area contributed by atoms with E-state index in [1.807, 2.05) is 6.07 Å². The first-order valence-electron chi connectivity index (χ1n) is 7.96. The van der Waals surface area contributed by atoms with Gasteiger partial charge in [-0.2, -0.15) is 0 Å². The van der Waals surface area contributed by atoms with Crippen molar-refractivity contribution in [3.05, 3.63) is 65.5 Å². The van der Waals surface area contributed by atoms with E-state index in [4.69, 9.17) is 0 Å². The minimum absolute atomic E-state index is 0.0669. The van der Waals surface area contributed by atoms with Gasteiger partial charge in [0.2, 0.25) is 5.91 Å². The number of nitrogens with zero attached hydrogens (tertiary/aromatic N) is 3. The van der Waals surface area contributed by atoms with Gasteiger partial charge in [0.25, 0.3) is 5.91 Å². The van der Waals surface area contributed by atoms with Gasteiger partial charge in [0.15, 0.2) is 0 Å². The van der Waals surface area contributed by atoms with E-state index < -0.39 is 17.5 Å². The van der Waals surface area contributed by atoms with Crippen molar-refractivity contribution in [1.82, 2.24) is 14.8 Å². The fraction of sp³-hybridized carbons (Fsp3) is 0.278. The van der Waals surface area contributed by atoms with Crippen LogP contribution in [0.5, 0.6) is 0 Å². The molecule has 2 aromatic rings. The molecule has 2 heterocycles.